The molecular weight excluding hydrogens is 717 g/mol. The summed E-state index contributed by atoms with van der Waals surface area (Å²) in [5, 5.41) is 20.3. The van der Waals surface area contributed by atoms with Crippen LogP contribution in [0.15, 0.2) is 58.7 Å². The molecule has 0 aromatic rings. The quantitative estimate of drug-likeness (QED) is 0.206. The summed E-state index contributed by atoms with van der Waals surface area (Å²) in [4.78, 5) is 0. The van der Waals surface area contributed by atoms with Crippen molar-refractivity contribution in [3.63, 3.8) is 0 Å². The zero-order valence-corrected chi connectivity index (χ0v) is 40.6. The second-order valence-corrected chi connectivity index (χ2v) is 23.8. The molecule has 0 radical (unpaired) electrons. The maximum Gasteiger partial charge on any atom is 0.0583 e. The van der Waals surface area contributed by atoms with Crippen LogP contribution >= 0.6 is 0 Å². The molecule has 0 spiro atoms. The smallest absolute Gasteiger partial charge is 0.0583 e. The van der Waals surface area contributed by atoms with Gasteiger partial charge in [0.25, 0.3) is 0 Å². The molecule has 7 aliphatic rings. The maximum absolute atomic E-state index is 10.2. The van der Waals surface area contributed by atoms with Crippen molar-refractivity contribution < 1.29 is 10.2 Å². The Balaban J connectivity index is 0.000000199. The summed E-state index contributed by atoms with van der Waals surface area (Å²) >= 11 is 0. The molecule has 0 saturated heterocycles. The highest BCUT2D eigenvalue weighted by Crippen LogP contribution is 2.66. The van der Waals surface area contributed by atoms with Gasteiger partial charge in [0.1, 0.15) is 0 Å². The van der Waals surface area contributed by atoms with Crippen LogP contribution in [0.4, 0.5) is 0 Å². The number of hydrogen-bond donors (Lipinski definition) is 2. The Kier molecular flexibility index (Phi) is 15.6. The topological polar surface area (TPSA) is 40.5 Å². The zero-order chi connectivity index (χ0) is 42.9. The van der Waals surface area contributed by atoms with E-state index in [1.165, 1.54) is 107 Å². The molecule has 0 aromatic carbocycles. The van der Waals surface area contributed by atoms with E-state index < -0.39 is 0 Å². The third-order valence-corrected chi connectivity index (χ3v) is 19.9. The van der Waals surface area contributed by atoms with Crippen molar-refractivity contribution in [3.05, 3.63) is 58.7 Å². The minimum Gasteiger partial charge on any atom is -0.393 e. The minimum atomic E-state index is -0.174. The zero-order valence-electron chi connectivity index (χ0n) is 40.6. The summed E-state index contributed by atoms with van der Waals surface area (Å²) in [5.41, 5.74) is 8.88. The largest absolute Gasteiger partial charge is 0.393 e. The average Bonchev–Trinajstić information content (AvgIpc) is 3.74. The first kappa shape index (κ1) is 47.1. The summed E-state index contributed by atoms with van der Waals surface area (Å²) in [6, 6.07) is 0. The van der Waals surface area contributed by atoms with Crippen LogP contribution in [0.3, 0.4) is 0 Å². The fourth-order valence-electron chi connectivity index (χ4n) is 15.3. The van der Waals surface area contributed by atoms with Crippen LogP contribution in [0.5, 0.6) is 0 Å². The molecule has 6 fully saturated rings. The molecule has 6 saturated carbocycles. The molecule has 7 rings (SSSR count). The van der Waals surface area contributed by atoms with Gasteiger partial charge in [-0.3, -0.25) is 0 Å². The van der Waals surface area contributed by atoms with Crippen molar-refractivity contribution >= 4 is 0 Å². The highest BCUT2D eigenvalue weighted by atomic mass is 16.3. The van der Waals surface area contributed by atoms with Gasteiger partial charge in [-0.15, -0.1) is 0 Å². The van der Waals surface area contributed by atoms with E-state index >= 15 is 0 Å². The van der Waals surface area contributed by atoms with Gasteiger partial charge in [-0.1, -0.05) is 155 Å². The Labute approximate surface area is 365 Å². The molecule has 2 heteroatoms. The molecule has 2 nitrogen and oxygen atoms in total. The standard InChI is InChI=1S/C29H48O.C28H46O/c1-7-21(19(2)3)9-8-20(4)25-12-13-26-24-11-10-22-18-23(30)14-16-28(22,5)27(24)15-17-29(25,26)6;1-19(2)20(3)9-10-22(5)26-15-16-27-23(8-7-17-28(26,27)6)12-13-24-18-25(29)14-11-21(24)4/h10-11,19-21,23,25-27,30H,7-9,12-18H2,1-6H3;12-13,19-20,22,25-27,29H,4,7-11,14-18H2,1-3,5-6H3/b;23-12+,24-13-/t20-,21-,23+,25-,26+,27+,28+,29-;20-,22+,25-,26?,27?,28+/m10/s1. The van der Waals surface area contributed by atoms with Gasteiger partial charge in [0.05, 0.1) is 12.2 Å². The van der Waals surface area contributed by atoms with Gasteiger partial charge in [0, 0.05) is 0 Å². The maximum atomic E-state index is 10.2. The van der Waals surface area contributed by atoms with Gasteiger partial charge in [0.15, 0.2) is 0 Å². The van der Waals surface area contributed by atoms with Gasteiger partial charge >= 0.3 is 0 Å². The van der Waals surface area contributed by atoms with E-state index in [4.69, 9.17) is 0 Å². The number of fused-ring (bicyclic) bond motifs is 6. The first-order valence-corrected chi connectivity index (χ1v) is 25.8. The number of aliphatic hydroxyl groups excluding tert-OH is 2. The van der Waals surface area contributed by atoms with Gasteiger partial charge in [-0.05, 0) is 190 Å². The molecule has 0 aromatic heterocycles. The van der Waals surface area contributed by atoms with Crippen molar-refractivity contribution in [1.82, 2.24) is 0 Å². The monoisotopic (exact) mass is 811 g/mol. The third-order valence-electron chi connectivity index (χ3n) is 19.9. The lowest BCUT2D eigenvalue weighted by Gasteiger charge is -2.55. The van der Waals surface area contributed by atoms with Crippen LogP contribution in [0.2, 0.25) is 0 Å². The Hall–Kier alpha value is -1.38. The van der Waals surface area contributed by atoms with Crippen molar-refractivity contribution in [2.75, 3.05) is 0 Å². The molecule has 0 bridgehead atoms. The molecule has 0 aliphatic heterocycles. The molecule has 59 heavy (non-hydrogen) atoms. The first-order chi connectivity index (χ1) is 27.9. The summed E-state index contributed by atoms with van der Waals surface area (Å²) < 4.78 is 0. The van der Waals surface area contributed by atoms with Crippen molar-refractivity contribution in [2.24, 2.45) is 81.3 Å². The molecule has 2 N–H and O–H groups in total. The SMILES string of the molecule is C=C1CC[C@H](O)C/C1=C/C=C1\CCC[C@@]2(C)C1CCC2[C@H](C)CC[C@H](C)C(C)C.CC[C@H](CC[C@@H](C)[C@H]1CC[C@H]2C3=CC=C4C[C@@H](O)CC[C@]4(C)[C@H]3CC[C@]12C)C(C)C. The summed E-state index contributed by atoms with van der Waals surface area (Å²) in [6.45, 7) is 31.5. The Morgan fingerprint density at radius 3 is 1.97 bits per heavy atom. The van der Waals surface area contributed by atoms with Crippen LogP contribution in [0.25, 0.3) is 0 Å². The van der Waals surface area contributed by atoms with Gasteiger partial charge in [0.2, 0.25) is 0 Å². The predicted molar refractivity (Wildman–Crippen MR) is 254 cm³/mol. The Morgan fingerprint density at radius 2 is 1.31 bits per heavy atom. The molecule has 7 aliphatic carbocycles. The van der Waals surface area contributed by atoms with Crippen LogP contribution < -0.4 is 0 Å². The van der Waals surface area contributed by atoms with Crippen molar-refractivity contribution in [1.29, 1.82) is 0 Å². The lowest BCUT2D eigenvalue weighted by Crippen LogP contribution is -2.46. The molecule has 334 valence electrons. The van der Waals surface area contributed by atoms with Gasteiger partial charge in [-0.2, -0.15) is 0 Å². The predicted octanol–water partition coefficient (Wildman–Crippen LogP) is 15.8. The van der Waals surface area contributed by atoms with Crippen LogP contribution in [0, 0.1) is 81.3 Å². The fourth-order valence-corrected chi connectivity index (χ4v) is 15.3. The first-order valence-electron chi connectivity index (χ1n) is 25.8. The Bertz CT molecular complexity index is 1560. The van der Waals surface area contributed by atoms with E-state index in [9.17, 15) is 10.2 Å². The molecule has 0 heterocycles. The number of allylic oxidation sites excluding steroid dienone is 7. The highest BCUT2D eigenvalue weighted by molar-refractivity contribution is 5.39. The average molecular weight is 811 g/mol. The number of rotatable bonds is 12. The van der Waals surface area contributed by atoms with Crippen LogP contribution in [-0.4, -0.2) is 22.4 Å². The second kappa shape index (κ2) is 19.6. The van der Waals surface area contributed by atoms with E-state index in [0.717, 1.165) is 97.2 Å². The summed E-state index contributed by atoms with van der Waals surface area (Å²) in [7, 11) is 0. The lowest BCUT2D eigenvalue weighted by atomic mass is 9.50. The van der Waals surface area contributed by atoms with Gasteiger partial charge in [-0.25, -0.2) is 0 Å². The van der Waals surface area contributed by atoms with E-state index in [1.54, 1.807) is 16.7 Å². The summed E-state index contributed by atoms with van der Waals surface area (Å²) in [6.07, 6.45) is 34.6. The fraction of sp³-hybridized carbons (Fsp3) is 0.825. The van der Waals surface area contributed by atoms with Crippen molar-refractivity contribution in [2.45, 2.75) is 217 Å². The van der Waals surface area contributed by atoms with E-state index in [2.05, 4.69) is 107 Å². The minimum absolute atomic E-state index is 0.109. The van der Waals surface area contributed by atoms with Crippen LogP contribution in [0.1, 0.15) is 205 Å². The number of hydrogen-bond acceptors (Lipinski definition) is 2. The van der Waals surface area contributed by atoms with E-state index in [1.807, 2.05) is 0 Å². The molecular formula is C57H94O2. The number of aliphatic hydroxyl groups is 2. The van der Waals surface area contributed by atoms with E-state index in [-0.39, 0.29) is 12.2 Å². The third kappa shape index (κ3) is 9.90. The Morgan fingerprint density at radius 1 is 0.661 bits per heavy atom. The van der Waals surface area contributed by atoms with Crippen molar-refractivity contribution in [3.8, 4) is 0 Å². The van der Waals surface area contributed by atoms with E-state index in [0.29, 0.717) is 16.2 Å². The highest BCUT2D eigenvalue weighted by Gasteiger charge is 2.57. The molecule has 0 amide bonds. The summed E-state index contributed by atoms with van der Waals surface area (Å²) in [5.74, 6) is 9.18. The molecule has 14 atom stereocenters. The second-order valence-electron chi connectivity index (χ2n) is 23.8. The normalized spacial score (nSPS) is 40.3. The van der Waals surface area contributed by atoms with Crippen LogP contribution in [-0.2, 0) is 0 Å². The molecule has 2 unspecified atom stereocenters. The lowest BCUT2D eigenvalue weighted by molar-refractivity contribution is 0.0315. The van der Waals surface area contributed by atoms with Gasteiger partial charge < -0.3 is 10.2 Å².